The molecule has 0 radical (unpaired) electrons. The Morgan fingerprint density at radius 1 is 0.822 bits per heavy atom. The van der Waals surface area contributed by atoms with Crippen LogP contribution < -0.4 is 20.4 Å². The van der Waals surface area contributed by atoms with Crippen molar-refractivity contribution in [3.63, 3.8) is 0 Å². The van der Waals surface area contributed by atoms with Gasteiger partial charge in [-0.3, -0.25) is 9.59 Å². The molecule has 3 rings (SSSR count). The van der Waals surface area contributed by atoms with Crippen LogP contribution in [0.4, 0.5) is 0 Å². The van der Waals surface area contributed by atoms with E-state index in [0.717, 1.165) is 42.2 Å². The number of ether oxygens (including phenoxy) is 1. The van der Waals surface area contributed by atoms with E-state index in [1.54, 1.807) is 24.3 Å². The maximum atomic E-state index is 11.7. The maximum absolute atomic E-state index is 11.7. The highest BCUT2D eigenvalue weighted by Gasteiger charge is 2.18. The van der Waals surface area contributed by atoms with Gasteiger partial charge in [0.05, 0.1) is 12.9 Å². The number of carbonyl (C=O) groups is 2. The highest BCUT2D eigenvalue weighted by Crippen LogP contribution is 2.21. The van der Waals surface area contributed by atoms with E-state index in [4.69, 9.17) is 25.5 Å². The summed E-state index contributed by atoms with van der Waals surface area (Å²) in [5.74, 6) is -0.0261. The second kappa shape index (κ2) is 19.6. The van der Waals surface area contributed by atoms with Crippen molar-refractivity contribution < 1.29 is 42.2 Å². The van der Waals surface area contributed by atoms with Crippen LogP contribution in [0.5, 0.6) is 17.2 Å². The van der Waals surface area contributed by atoms with Gasteiger partial charge in [0.1, 0.15) is 28.5 Å². The summed E-state index contributed by atoms with van der Waals surface area (Å²) in [4.78, 5) is 21.9. The Kier molecular flexibility index (Phi) is 16.3. The van der Waals surface area contributed by atoms with Crippen molar-refractivity contribution >= 4 is 33.8 Å². The number of phenols is 1. The molecule has 45 heavy (non-hydrogen) atoms. The summed E-state index contributed by atoms with van der Waals surface area (Å²) in [6.45, 7) is 1.04. The molecule has 0 bridgehead atoms. The molecule has 11 nitrogen and oxygen atoms in total. The van der Waals surface area contributed by atoms with Crippen LogP contribution in [0.1, 0.15) is 36.0 Å². The van der Waals surface area contributed by atoms with E-state index >= 15 is 0 Å². The lowest BCUT2D eigenvalue weighted by Crippen LogP contribution is -2.29. The van der Waals surface area contributed by atoms with Gasteiger partial charge in [0.2, 0.25) is 0 Å². The van der Waals surface area contributed by atoms with Crippen molar-refractivity contribution in [2.45, 2.75) is 49.8 Å². The maximum Gasteiger partial charge on any atom is 0.320 e. The number of aryl methyl sites for hydroxylation is 1. The van der Waals surface area contributed by atoms with Gasteiger partial charge in [-0.2, -0.15) is 8.42 Å². The van der Waals surface area contributed by atoms with Gasteiger partial charge in [-0.25, -0.2) is 0 Å². The third-order valence-electron chi connectivity index (χ3n) is 6.38. The molecule has 3 aromatic rings. The van der Waals surface area contributed by atoms with Gasteiger partial charge in [0.15, 0.2) is 0 Å². The average Bonchev–Trinajstić information content (AvgIpc) is 2.99. The highest BCUT2D eigenvalue weighted by molar-refractivity contribution is 8.00. The Balaban J connectivity index is 0.000000607. The van der Waals surface area contributed by atoms with Crippen molar-refractivity contribution in [2.24, 2.45) is 11.5 Å². The molecule has 0 amide bonds. The fraction of sp³-hybridized carbons (Fsp3) is 0.375. The van der Waals surface area contributed by atoms with Crippen molar-refractivity contribution in [3.8, 4) is 17.2 Å². The van der Waals surface area contributed by atoms with Crippen molar-refractivity contribution in [2.75, 3.05) is 25.2 Å². The predicted octanol–water partition coefficient (Wildman–Crippen LogP) is 3.85. The number of carboxylic acids is 2. The summed E-state index contributed by atoms with van der Waals surface area (Å²) in [5.41, 5.74) is 13.5. The number of carboxylic acid groups (broad SMARTS) is 2. The Morgan fingerprint density at radius 2 is 1.38 bits per heavy atom. The average molecular weight is 663 g/mol. The van der Waals surface area contributed by atoms with E-state index in [9.17, 15) is 28.2 Å². The van der Waals surface area contributed by atoms with Gasteiger partial charge in [-0.15, -0.1) is 11.8 Å². The number of nitrogens with two attached hydrogens (primary N) is 2. The van der Waals surface area contributed by atoms with Crippen LogP contribution in [-0.4, -0.2) is 72.1 Å². The second-order valence-corrected chi connectivity index (χ2v) is 13.1. The lowest BCUT2D eigenvalue weighted by atomic mass is 10.1. The van der Waals surface area contributed by atoms with E-state index in [0.29, 0.717) is 43.9 Å². The lowest BCUT2D eigenvalue weighted by Gasteiger charge is -2.13. The first-order chi connectivity index (χ1) is 21.4. The SMILES string of the molecule is CS(=O)(=O)Oc1ccc(OCCc2ccc(CC(SCCc3ccc(O)cc3)C(=O)O)cc2)cc1.NCCCC[C@H](N)C(=O)O. The molecule has 3 aromatic carbocycles. The molecule has 0 aliphatic carbocycles. The molecular formula is C32H42N2O9S2. The number of thioether (sulfide) groups is 1. The standard InChI is InChI=1S/C26H28O7S2.C6H14N2O2/c1-35(30,31)33-24-12-10-23(11-13-24)32-16-14-19-2-4-21(5-3-19)18-25(26(28)29)34-17-15-20-6-8-22(27)9-7-20;7-4-2-1-3-5(8)6(9)10/h2-13,25,27H,14-18H2,1H3,(H,28,29);5H,1-4,7-8H2,(H,9,10)/t;5-/m.0/s1. The van der Waals surface area contributed by atoms with Crippen molar-refractivity contribution in [3.05, 3.63) is 89.5 Å². The first kappa shape index (κ1) is 37.4. The van der Waals surface area contributed by atoms with Crippen molar-refractivity contribution in [1.29, 1.82) is 0 Å². The number of rotatable bonds is 18. The van der Waals surface area contributed by atoms with Crippen LogP contribution in [0, 0.1) is 0 Å². The molecule has 0 saturated carbocycles. The number of aliphatic carboxylic acids is 2. The normalized spacial score (nSPS) is 12.3. The smallest absolute Gasteiger partial charge is 0.320 e. The molecule has 0 aliphatic heterocycles. The van der Waals surface area contributed by atoms with Gasteiger partial charge in [-0.1, -0.05) is 42.8 Å². The van der Waals surface area contributed by atoms with E-state index < -0.39 is 33.3 Å². The van der Waals surface area contributed by atoms with Crippen LogP contribution >= 0.6 is 11.8 Å². The van der Waals surface area contributed by atoms with Gasteiger partial charge in [-0.05, 0) is 91.1 Å². The Labute approximate surface area is 268 Å². The van der Waals surface area contributed by atoms with E-state index in [2.05, 4.69) is 0 Å². The number of unbranched alkanes of at least 4 members (excludes halogenated alkanes) is 1. The molecule has 0 aliphatic rings. The van der Waals surface area contributed by atoms with Gasteiger partial charge < -0.3 is 35.7 Å². The van der Waals surface area contributed by atoms with Gasteiger partial charge in [0, 0.05) is 6.42 Å². The summed E-state index contributed by atoms with van der Waals surface area (Å²) < 4.78 is 32.8. The van der Waals surface area contributed by atoms with Crippen LogP contribution in [0.15, 0.2) is 72.8 Å². The van der Waals surface area contributed by atoms with Crippen LogP contribution in [-0.2, 0) is 39.0 Å². The summed E-state index contributed by atoms with van der Waals surface area (Å²) in [6.07, 6.45) is 5.00. The molecule has 13 heteroatoms. The molecule has 0 heterocycles. The number of aromatic hydroxyl groups is 1. The second-order valence-electron chi connectivity index (χ2n) is 10.2. The third-order valence-corrected chi connectivity index (χ3v) is 8.09. The summed E-state index contributed by atoms with van der Waals surface area (Å²) in [7, 11) is -3.56. The van der Waals surface area contributed by atoms with E-state index in [-0.39, 0.29) is 11.5 Å². The zero-order chi connectivity index (χ0) is 33.2. The summed E-state index contributed by atoms with van der Waals surface area (Å²) in [5, 5.41) is 26.8. The summed E-state index contributed by atoms with van der Waals surface area (Å²) >= 11 is 1.42. The molecule has 0 saturated heterocycles. The molecular weight excluding hydrogens is 620 g/mol. The van der Waals surface area contributed by atoms with Gasteiger partial charge in [0.25, 0.3) is 0 Å². The van der Waals surface area contributed by atoms with Gasteiger partial charge >= 0.3 is 22.1 Å². The molecule has 7 N–H and O–H groups in total. The molecule has 0 spiro atoms. The van der Waals surface area contributed by atoms with Crippen LogP contribution in [0.2, 0.25) is 0 Å². The minimum Gasteiger partial charge on any atom is -0.508 e. The fourth-order valence-corrected chi connectivity index (χ4v) is 5.49. The first-order valence-electron chi connectivity index (χ1n) is 14.4. The number of phenolic OH excluding ortho intramolecular Hbond substituents is 1. The third kappa shape index (κ3) is 16.2. The van der Waals surface area contributed by atoms with E-state index in [1.165, 1.54) is 23.9 Å². The quantitative estimate of drug-likeness (QED) is 0.0975. The van der Waals surface area contributed by atoms with E-state index in [1.807, 2.05) is 36.4 Å². The molecule has 0 fully saturated rings. The largest absolute Gasteiger partial charge is 0.508 e. The molecule has 0 aromatic heterocycles. The number of benzene rings is 3. The minimum atomic E-state index is -3.56. The molecule has 1 unspecified atom stereocenters. The Hall–Kier alpha value is -3.78. The first-order valence-corrected chi connectivity index (χ1v) is 17.2. The predicted molar refractivity (Wildman–Crippen MR) is 175 cm³/mol. The number of hydrogen-bond acceptors (Lipinski definition) is 10. The molecule has 2 atom stereocenters. The monoisotopic (exact) mass is 662 g/mol. The van der Waals surface area contributed by atoms with Crippen LogP contribution in [0.25, 0.3) is 0 Å². The van der Waals surface area contributed by atoms with Crippen LogP contribution in [0.3, 0.4) is 0 Å². The fourth-order valence-electron chi connectivity index (χ4n) is 3.94. The zero-order valence-electron chi connectivity index (χ0n) is 25.2. The van der Waals surface area contributed by atoms with Crippen molar-refractivity contribution in [1.82, 2.24) is 0 Å². The zero-order valence-corrected chi connectivity index (χ0v) is 26.8. The topological polar surface area (TPSA) is 199 Å². The summed E-state index contributed by atoms with van der Waals surface area (Å²) in [6, 6.07) is 20.4. The Morgan fingerprint density at radius 3 is 1.93 bits per heavy atom. The molecule has 246 valence electrons. The minimum absolute atomic E-state index is 0.218. The highest BCUT2D eigenvalue weighted by atomic mass is 32.2. The lowest BCUT2D eigenvalue weighted by molar-refractivity contribution is -0.139. The Bertz CT molecular complexity index is 1420. The number of hydrogen-bond donors (Lipinski definition) is 5.